The maximum absolute atomic E-state index is 13.1. The van der Waals surface area contributed by atoms with Crippen LogP contribution in [-0.2, 0) is 44.9 Å². The van der Waals surface area contributed by atoms with Crippen LogP contribution in [0.4, 0.5) is 4.79 Å². The maximum Gasteiger partial charge on any atom is 0.326 e. The Labute approximate surface area is 372 Å². The average Bonchev–Trinajstić information content (AvgIpc) is 3.70. The highest BCUT2D eigenvalue weighted by Crippen LogP contribution is 2.08. The van der Waals surface area contributed by atoms with E-state index in [9.17, 15) is 73.5 Å². The summed E-state index contributed by atoms with van der Waals surface area (Å²) >= 11 is 0. The van der Waals surface area contributed by atoms with Crippen molar-refractivity contribution in [2.45, 2.75) is 76.5 Å². The second kappa shape index (κ2) is 29.1. The molecule has 1 aliphatic rings. The SMILES string of the molecule is CCCC(NC(=O)c1cc(CNC(=O)CN2CCN(CC(=O)O)CCN(CC(=O)O)CCN(CC(=O)O)CC2)on1)C(=O)NCCCCC(NC(=O)NC(CCC(=O)O)C(=O)O)C(=O)O. The highest BCUT2D eigenvalue weighted by molar-refractivity contribution is 5.96. The lowest BCUT2D eigenvalue weighted by atomic mass is 10.1. The summed E-state index contributed by atoms with van der Waals surface area (Å²) in [6.07, 6.45) is 0.157. The monoisotopic (exact) mass is 928 g/mol. The normalized spacial score (nSPS) is 16.0. The second-order valence-corrected chi connectivity index (χ2v) is 15.2. The van der Waals surface area contributed by atoms with Crippen molar-refractivity contribution >= 4 is 59.6 Å². The van der Waals surface area contributed by atoms with E-state index in [1.807, 2.05) is 5.32 Å². The largest absolute Gasteiger partial charge is 0.481 e. The molecule has 0 radical (unpaired) electrons. The van der Waals surface area contributed by atoms with E-state index in [0.29, 0.717) is 6.42 Å². The smallest absolute Gasteiger partial charge is 0.326 e. The van der Waals surface area contributed by atoms with Gasteiger partial charge in [-0.15, -0.1) is 0 Å². The van der Waals surface area contributed by atoms with Gasteiger partial charge in [-0.3, -0.25) is 53.2 Å². The summed E-state index contributed by atoms with van der Waals surface area (Å²) in [6, 6.07) is -3.80. The van der Waals surface area contributed by atoms with Gasteiger partial charge in [-0.2, -0.15) is 0 Å². The quantitative estimate of drug-likeness (QED) is 0.0392. The van der Waals surface area contributed by atoms with Crippen molar-refractivity contribution in [3.8, 4) is 0 Å². The summed E-state index contributed by atoms with van der Waals surface area (Å²) in [5.41, 5.74) is -0.182. The molecule has 0 saturated carbocycles. The molecule has 0 aromatic carbocycles. The van der Waals surface area contributed by atoms with Crippen LogP contribution in [0.15, 0.2) is 10.6 Å². The van der Waals surface area contributed by atoms with Gasteiger partial charge in [0.25, 0.3) is 5.91 Å². The van der Waals surface area contributed by atoms with Crippen molar-refractivity contribution in [3.63, 3.8) is 0 Å². The molecule has 364 valence electrons. The molecule has 2 heterocycles. The lowest BCUT2D eigenvalue weighted by Crippen LogP contribution is -2.51. The molecule has 11 N–H and O–H groups in total. The molecule has 3 unspecified atom stereocenters. The molecule has 1 aromatic heterocycles. The molecule has 27 heteroatoms. The minimum atomic E-state index is -1.56. The van der Waals surface area contributed by atoms with E-state index in [1.165, 1.54) is 6.07 Å². The van der Waals surface area contributed by atoms with Gasteiger partial charge >= 0.3 is 41.8 Å². The number of hydrogen-bond acceptors (Lipinski definition) is 16. The fraction of sp³-hybridized carbons (Fsp3) is 0.658. The Kier molecular flexibility index (Phi) is 24.5. The van der Waals surface area contributed by atoms with Crippen molar-refractivity contribution in [2.24, 2.45) is 0 Å². The highest BCUT2D eigenvalue weighted by atomic mass is 16.5. The first-order valence-corrected chi connectivity index (χ1v) is 20.9. The zero-order chi connectivity index (χ0) is 48.5. The number of nitrogens with zero attached hydrogens (tertiary/aromatic N) is 5. The van der Waals surface area contributed by atoms with Crippen LogP contribution < -0.4 is 26.6 Å². The predicted octanol–water partition coefficient (Wildman–Crippen LogP) is -2.98. The van der Waals surface area contributed by atoms with E-state index in [0.717, 1.165) is 0 Å². The summed E-state index contributed by atoms with van der Waals surface area (Å²) in [6.45, 7) is 2.30. The summed E-state index contributed by atoms with van der Waals surface area (Å²) < 4.78 is 5.23. The Morgan fingerprint density at radius 1 is 0.600 bits per heavy atom. The van der Waals surface area contributed by atoms with Gasteiger partial charge in [-0.25, -0.2) is 14.4 Å². The predicted molar refractivity (Wildman–Crippen MR) is 221 cm³/mol. The van der Waals surface area contributed by atoms with Gasteiger partial charge in [0.2, 0.25) is 11.8 Å². The van der Waals surface area contributed by atoms with Crippen LogP contribution in [0.2, 0.25) is 0 Å². The number of carbonyl (C=O) groups excluding carboxylic acids is 4. The number of unbranched alkanes of at least 4 members (excludes halogenated alkanes) is 1. The minimum Gasteiger partial charge on any atom is -0.481 e. The number of aliphatic carboxylic acids is 6. The lowest BCUT2D eigenvalue weighted by Gasteiger charge is -2.32. The van der Waals surface area contributed by atoms with E-state index in [4.69, 9.17) is 9.63 Å². The fourth-order valence-electron chi connectivity index (χ4n) is 6.47. The molecule has 65 heavy (non-hydrogen) atoms. The summed E-state index contributed by atoms with van der Waals surface area (Å²) in [7, 11) is 0. The zero-order valence-electron chi connectivity index (χ0n) is 36.1. The second-order valence-electron chi connectivity index (χ2n) is 15.2. The van der Waals surface area contributed by atoms with Crippen molar-refractivity contribution in [2.75, 3.05) is 85.1 Å². The number of aromatic nitrogens is 1. The number of urea groups is 1. The van der Waals surface area contributed by atoms with E-state index in [2.05, 4.69) is 26.4 Å². The molecule has 1 fully saturated rings. The zero-order valence-corrected chi connectivity index (χ0v) is 36.1. The topological polar surface area (TPSA) is 391 Å². The molecular weight excluding hydrogens is 868 g/mol. The fourth-order valence-corrected chi connectivity index (χ4v) is 6.47. The molecule has 1 saturated heterocycles. The third-order valence-electron chi connectivity index (χ3n) is 9.90. The van der Waals surface area contributed by atoms with Crippen LogP contribution >= 0.6 is 0 Å². The van der Waals surface area contributed by atoms with Crippen LogP contribution in [0.25, 0.3) is 0 Å². The Morgan fingerprint density at radius 3 is 1.52 bits per heavy atom. The van der Waals surface area contributed by atoms with Crippen LogP contribution in [0.3, 0.4) is 0 Å². The lowest BCUT2D eigenvalue weighted by molar-refractivity contribution is -0.141. The van der Waals surface area contributed by atoms with Gasteiger partial charge in [-0.1, -0.05) is 18.5 Å². The minimum absolute atomic E-state index is 0.0729. The number of carboxylic acid groups (broad SMARTS) is 6. The van der Waals surface area contributed by atoms with Crippen molar-refractivity contribution in [3.05, 3.63) is 17.5 Å². The van der Waals surface area contributed by atoms with E-state index < -0.39 is 90.5 Å². The van der Waals surface area contributed by atoms with Gasteiger partial charge in [0, 0.05) is 71.4 Å². The van der Waals surface area contributed by atoms with Crippen LogP contribution in [-0.4, -0.2) is 218 Å². The first-order chi connectivity index (χ1) is 30.8. The van der Waals surface area contributed by atoms with Crippen LogP contribution in [0, 0.1) is 0 Å². The van der Waals surface area contributed by atoms with Crippen molar-refractivity contribution in [1.29, 1.82) is 0 Å². The average molecular weight is 929 g/mol. The standard InChI is InChI=1S/C38H60N10O17/c1-2-5-25(34(58)39-9-4-3-6-26(36(60)61)42-38(64)43-27(37(62)63)7-8-30(50)51)41-35(59)28-18-24(65-44-28)19-40-29(49)20-45-10-12-46(21-31(52)53)14-16-48(23-33(56)57)17-15-47(13-11-45)22-32(54)55/h18,25-27H,2-17,19-23H2,1H3,(H,39,58)(H,40,49)(H,41,59)(H,50,51)(H,52,53)(H,54,55)(H,56,57)(H,60,61)(H,62,63)(H2,42,43,64). The van der Waals surface area contributed by atoms with Crippen molar-refractivity contribution < 1.29 is 83.1 Å². The van der Waals surface area contributed by atoms with Crippen LogP contribution in [0.1, 0.15) is 68.1 Å². The van der Waals surface area contributed by atoms with Gasteiger partial charge in [-0.05, 0) is 32.1 Å². The molecule has 0 aliphatic carbocycles. The van der Waals surface area contributed by atoms with Crippen LogP contribution in [0.5, 0.6) is 0 Å². The Bertz CT molecular complexity index is 1760. The van der Waals surface area contributed by atoms with Gasteiger partial charge in [0.05, 0.1) is 32.7 Å². The highest BCUT2D eigenvalue weighted by Gasteiger charge is 2.27. The Morgan fingerprint density at radius 2 is 1.08 bits per heavy atom. The molecule has 3 atom stereocenters. The number of rotatable bonds is 27. The number of hydrogen-bond donors (Lipinski definition) is 11. The molecule has 0 spiro atoms. The Balaban J connectivity index is 1.92. The molecule has 1 aliphatic heterocycles. The first-order valence-electron chi connectivity index (χ1n) is 20.9. The molecule has 27 nitrogen and oxygen atoms in total. The first kappa shape index (κ1) is 54.7. The number of carbonyl (C=O) groups is 10. The molecule has 0 bridgehead atoms. The Hall–Kier alpha value is -6.45. The molecule has 2 rings (SSSR count). The third-order valence-corrected chi connectivity index (χ3v) is 9.90. The summed E-state index contributed by atoms with van der Waals surface area (Å²) in [5, 5.41) is 71.6. The van der Waals surface area contributed by atoms with Gasteiger partial charge in [0.1, 0.15) is 18.1 Å². The summed E-state index contributed by atoms with van der Waals surface area (Å²) in [4.78, 5) is 126. The molecule has 5 amide bonds. The van der Waals surface area contributed by atoms with Gasteiger partial charge in [0.15, 0.2) is 11.5 Å². The van der Waals surface area contributed by atoms with E-state index >= 15 is 0 Å². The molecule has 1 aromatic rings. The number of amides is 5. The van der Waals surface area contributed by atoms with E-state index in [-0.39, 0.29) is 129 Å². The van der Waals surface area contributed by atoms with Crippen molar-refractivity contribution in [1.82, 2.24) is 51.3 Å². The summed E-state index contributed by atoms with van der Waals surface area (Å²) in [5.74, 6) is -9.08. The maximum atomic E-state index is 13.1. The van der Waals surface area contributed by atoms with Gasteiger partial charge < -0.3 is 61.7 Å². The number of carboxylic acids is 6. The van der Waals surface area contributed by atoms with E-state index in [1.54, 1.807) is 26.5 Å². The molecular formula is C38H60N10O17. The third kappa shape index (κ3) is 23.2. The number of nitrogens with one attached hydrogen (secondary N) is 5.